The summed E-state index contributed by atoms with van der Waals surface area (Å²) in [5.41, 5.74) is 5.88. The van der Waals surface area contributed by atoms with Gasteiger partial charge in [-0.3, -0.25) is 10.1 Å². The summed E-state index contributed by atoms with van der Waals surface area (Å²) in [5, 5.41) is 10.6. The van der Waals surface area contributed by atoms with E-state index in [4.69, 9.17) is 10.5 Å². The smallest absolute Gasteiger partial charge is 0.329 e. The van der Waals surface area contributed by atoms with E-state index in [0.29, 0.717) is 17.1 Å². The largest absolute Gasteiger partial charge is 0.497 e. The number of nitrogens with two attached hydrogens (primary N) is 1. The average molecular weight is 246 g/mol. The molecule has 0 radical (unpaired) electrons. The molecule has 2 rings (SSSR count). The molecule has 1 aromatic carbocycles. The molecule has 0 saturated carbocycles. The third-order valence-electron chi connectivity index (χ3n) is 2.32. The van der Waals surface area contributed by atoms with Crippen molar-refractivity contribution in [3.8, 4) is 17.1 Å². The number of hydrogen-bond acceptors (Lipinski definition) is 6. The number of rotatable bonds is 3. The fourth-order valence-corrected chi connectivity index (χ4v) is 1.43. The van der Waals surface area contributed by atoms with Gasteiger partial charge in [0.25, 0.3) is 0 Å². The zero-order valence-electron chi connectivity index (χ0n) is 9.53. The van der Waals surface area contributed by atoms with Crippen molar-refractivity contribution >= 4 is 11.5 Å². The SMILES string of the molecule is COc1cccc(-c2ncc([N+](=O)[O-])c(N)n2)c1. The maximum atomic E-state index is 10.6. The lowest BCUT2D eigenvalue weighted by atomic mass is 10.2. The highest BCUT2D eigenvalue weighted by Crippen LogP contribution is 2.24. The second-order valence-corrected chi connectivity index (χ2v) is 3.45. The highest BCUT2D eigenvalue weighted by molar-refractivity contribution is 5.62. The van der Waals surface area contributed by atoms with Crippen LogP contribution in [0.3, 0.4) is 0 Å². The Morgan fingerprint density at radius 3 is 2.83 bits per heavy atom. The molecule has 7 nitrogen and oxygen atoms in total. The highest BCUT2D eigenvalue weighted by atomic mass is 16.6. The molecule has 1 aromatic heterocycles. The van der Waals surface area contributed by atoms with E-state index in [1.54, 1.807) is 31.4 Å². The van der Waals surface area contributed by atoms with Crippen LogP contribution in [0.15, 0.2) is 30.5 Å². The van der Waals surface area contributed by atoms with Gasteiger partial charge >= 0.3 is 5.69 Å². The normalized spacial score (nSPS) is 10.1. The predicted molar refractivity (Wildman–Crippen MR) is 65.1 cm³/mol. The quantitative estimate of drug-likeness (QED) is 0.652. The fraction of sp³-hybridized carbons (Fsp3) is 0.0909. The van der Waals surface area contributed by atoms with Crippen LogP contribution in [0, 0.1) is 10.1 Å². The standard InChI is InChI=1S/C11H10N4O3/c1-18-8-4-2-3-7(5-8)11-13-6-9(15(16)17)10(12)14-11/h2-6H,1H3,(H2,12,13,14). The summed E-state index contributed by atoms with van der Waals surface area (Å²) >= 11 is 0. The topological polar surface area (TPSA) is 104 Å². The van der Waals surface area contributed by atoms with Gasteiger partial charge in [0, 0.05) is 5.56 Å². The van der Waals surface area contributed by atoms with Crippen LogP contribution in [0.1, 0.15) is 0 Å². The first-order valence-electron chi connectivity index (χ1n) is 5.03. The first kappa shape index (κ1) is 11.8. The molecule has 0 aliphatic rings. The van der Waals surface area contributed by atoms with Crippen molar-refractivity contribution in [3.63, 3.8) is 0 Å². The van der Waals surface area contributed by atoms with E-state index in [1.165, 1.54) is 0 Å². The molecule has 2 N–H and O–H groups in total. The van der Waals surface area contributed by atoms with Gasteiger partial charge in [0.05, 0.1) is 12.0 Å². The van der Waals surface area contributed by atoms with E-state index >= 15 is 0 Å². The summed E-state index contributed by atoms with van der Waals surface area (Å²) in [7, 11) is 1.55. The van der Waals surface area contributed by atoms with Crippen LogP contribution in [0.5, 0.6) is 5.75 Å². The van der Waals surface area contributed by atoms with E-state index in [-0.39, 0.29) is 11.5 Å². The van der Waals surface area contributed by atoms with Crippen molar-refractivity contribution in [2.75, 3.05) is 12.8 Å². The minimum absolute atomic E-state index is 0.159. The summed E-state index contributed by atoms with van der Waals surface area (Å²) in [6, 6.07) is 7.04. The van der Waals surface area contributed by atoms with Crippen LogP contribution in [-0.4, -0.2) is 22.0 Å². The Kier molecular flexibility index (Phi) is 3.05. The molecule has 18 heavy (non-hydrogen) atoms. The van der Waals surface area contributed by atoms with Gasteiger partial charge in [-0.05, 0) is 12.1 Å². The van der Waals surface area contributed by atoms with Gasteiger partial charge in [-0.2, -0.15) is 0 Å². The lowest BCUT2D eigenvalue weighted by Crippen LogP contribution is -2.01. The molecule has 0 spiro atoms. The van der Waals surface area contributed by atoms with Gasteiger partial charge in [0.2, 0.25) is 5.82 Å². The van der Waals surface area contributed by atoms with Crippen molar-refractivity contribution in [1.29, 1.82) is 0 Å². The summed E-state index contributed by atoms with van der Waals surface area (Å²) in [5.74, 6) is 0.804. The van der Waals surface area contributed by atoms with Crippen LogP contribution >= 0.6 is 0 Å². The van der Waals surface area contributed by atoms with Crippen molar-refractivity contribution < 1.29 is 9.66 Å². The number of anilines is 1. The van der Waals surface area contributed by atoms with Crippen LogP contribution in [0.25, 0.3) is 11.4 Å². The lowest BCUT2D eigenvalue weighted by molar-refractivity contribution is -0.384. The molecule has 0 aliphatic heterocycles. The Morgan fingerprint density at radius 2 is 2.22 bits per heavy atom. The van der Waals surface area contributed by atoms with E-state index in [1.807, 2.05) is 0 Å². The van der Waals surface area contributed by atoms with Gasteiger partial charge in [0.15, 0.2) is 5.82 Å². The molecule has 2 aromatic rings. The Labute approximate surface area is 102 Å². The summed E-state index contributed by atoms with van der Waals surface area (Å²) < 4.78 is 5.07. The molecule has 0 amide bonds. The van der Waals surface area contributed by atoms with Crippen molar-refractivity contribution in [3.05, 3.63) is 40.6 Å². The zero-order valence-corrected chi connectivity index (χ0v) is 9.53. The van der Waals surface area contributed by atoms with E-state index < -0.39 is 4.92 Å². The monoisotopic (exact) mass is 246 g/mol. The molecule has 0 unspecified atom stereocenters. The number of benzene rings is 1. The maximum Gasteiger partial charge on any atom is 0.329 e. The Hall–Kier alpha value is -2.70. The molecule has 7 heteroatoms. The lowest BCUT2D eigenvalue weighted by Gasteiger charge is -2.04. The number of nitrogens with zero attached hydrogens (tertiary/aromatic N) is 3. The molecule has 0 fully saturated rings. The van der Waals surface area contributed by atoms with E-state index in [2.05, 4.69) is 9.97 Å². The third kappa shape index (κ3) is 2.19. The van der Waals surface area contributed by atoms with Gasteiger partial charge in [-0.15, -0.1) is 0 Å². The van der Waals surface area contributed by atoms with Crippen molar-refractivity contribution in [2.45, 2.75) is 0 Å². The Bertz CT molecular complexity index is 601. The van der Waals surface area contributed by atoms with Crippen LogP contribution in [0.2, 0.25) is 0 Å². The minimum Gasteiger partial charge on any atom is -0.497 e. The predicted octanol–water partition coefficient (Wildman–Crippen LogP) is 1.64. The zero-order chi connectivity index (χ0) is 13.1. The minimum atomic E-state index is -0.620. The van der Waals surface area contributed by atoms with Crippen molar-refractivity contribution in [1.82, 2.24) is 9.97 Å². The number of hydrogen-bond donors (Lipinski definition) is 1. The fourth-order valence-electron chi connectivity index (χ4n) is 1.43. The second-order valence-electron chi connectivity index (χ2n) is 3.45. The third-order valence-corrected chi connectivity index (χ3v) is 2.32. The number of aromatic nitrogens is 2. The Balaban J connectivity index is 2.45. The summed E-state index contributed by atoms with van der Waals surface area (Å²) in [6.45, 7) is 0. The first-order valence-corrected chi connectivity index (χ1v) is 5.03. The van der Waals surface area contributed by atoms with Crippen molar-refractivity contribution in [2.24, 2.45) is 0 Å². The van der Waals surface area contributed by atoms with Crippen LogP contribution < -0.4 is 10.5 Å². The van der Waals surface area contributed by atoms with E-state index in [9.17, 15) is 10.1 Å². The molecule has 0 bridgehead atoms. The van der Waals surface area contributed by atoms with Gasteiger partial charge in [0.1, 0.15) is 11.9 Å². The second kappa shape index (κ2) is 4.66. The maximum absolute atomic E-state index is 10.6. The number of nitrogen functional groups attached to an aromatic ring is 1. The Morgan fingerprint density at radius 1 is 1.44 bits per heavy atom. The number of ether oxygens (including phenoxy) is 1. The summed E-state index contributed by atoms with van der Waals surface area (Å²) in [4.78, 5) is 17.8. The molecule has 0 aliphatic carbocycles. The first-order chi connectivity index (χ1) is 8.61. The highest BCUT2D eigenvalue weighted by Gasteiger charge is 2.15. The number of methoxy groups -OCH3 is 1. The van der Waals surface area contributed by atoms with Crippen LogP contribution in [-0.2, 0) is 0 Å². The van der Waals surface area contributed by atoms with Gasteiger partial charge in [-0.1, -0.05) is 12.1 Å². The summed E-state index contributed by atoms with van der Waals surface area (Å²) in [6.07, 6.45) is 1.09. The van der Waals surface area contributed by atoms with Gasteiger partial charge in [-0.25, -0.2) is 9.97 Å². The molecule has 0 saturated heterocycles. The molecule has 92 valence electrons. The number of nitro groups is 1. The molecule has 1 heterocycles. The van der Waals surface area contributed by atoms with Gasteiger partial charge < -0.3 is 10.5 Å². The molecular formula is C11H10N4O3. The average Bonchev–Trinajstić information content (AvgIpc) is 2.38. The molecular weight excluding hydrogens is 236 g/mol. The van der Waals surface area contributed by atoms with Crippen LogP contribution in [0.4, 0.5) is 11.5 Å². The van der Waals surface area contributed by atoms with E-state index in [0.717, 1.165) is 6.20 Å². The molecule has 0 atom stereocenters.